The van der Waals surface area contributed by atoms with E-state index in [1.807, 2.05) is 54.6 Å². The van der Waals surface area contributed by atoms with Crippen molar-refractivity contribution in [2.24, 2.45) is 4.99 Å². The van der Waals surface area contributed by atoms with Crippen LogP contribution in [-0.2, 0) is 15.8 Å². The van der Waals surface area contributed by atoms with Crippen LogP contribution in [0.15, 0.2) is 114 Å². The second-order valence-corrected chi connectivity index (χ2v) is 12.2. The fourth-order valence-corrected chi connectivity index (χ4v) is 6.10. The third-order valence-electron chi connectivity index (χ3n) is 8.76. The first-order valence-electron chi connectivity index (χ1n) is 16.0. The maximum Gasteiger partial charge on any atom is 0.425 e. The van der Waals surface area contributed by atoms with Crippen LogP contribution in [0.5, 0.6) is 11.5 Å². The second kappa shape index (κ2) is 14.2. The second-order valence-electron chi connectivity index (χ2n) is 12.2. The summed E-state index contributed by atoms with van der Waals surface area (Å²) in [6.45, 7) is 3.25. The number of amidine groups is 1. The number of hydrogen-bond donors (Lipinski definition) is 1. The van der Waals surface area contributed by atoms with Gasteiger partial charge in [-0.25, -0.2) is 14.4 Å². The molecule has 1 N–H and O–H groups in total. The lowest BCUT2D eigenvalue weighted by molar-refractivity contribution is -0.209. The van der Waals surface area contributed by atoms with Crippen molar-refractivity contribution in [2.45, 2.75) is 43.6 Å². The lowest BCUT2D eigenvalue weighted by Crippen LogP contribution is -2.54. The van der Waals surface area contributed by atoms with E-state index in [2.05, 4.69) is 27.1 Å². The van der Waals surface area contributed by atoms with Crippen molar-refractivity contribution >= 4 is 6.02 Å². The highest BCUT2D eigenvalue weighted by Crippen LogP contribution is 2.44. The van der Waals surface area contributed by atoms with Gasteiger partial charge in [-0.3, -0.25) is 4.98 Å². The number of nitrogens with one attached hydrogen (secondary N) is 1. The minimum Gasteiger partial charge on any atom is -0.497 e. The van der Waals surface area contributed by atoms with E-state index in [0.29, 0.717) is 45.1 Å². The first kappa shape index (κ1) is 35.0. The number of aryl methyl sites for hydroxylation is 1. The van der Waals surface area contributed by atoms with Gasteiger partial charge in [-0.1, -0.05) is 60.5 Å². The van der Waals surface area contributed by atoms with E-state index in [9.17, 15) is 13.2 Å². The van der Waals surface area contributed by atoms with Gasteiger partial charge in [-0.15, -0.1) is 0 Å². The van der Waals surface area contributed by atoms with E-state index in [4.69, 9.17) is 19.2 Å². The van der Waals surface area contributed by atoms with Gasteiger partial charge in [0.1, 0.15) is 28.5 Å². The molecule has 0 unspecified atom stereocenters. The van der Waals surface area contributed by atoms with Crippen LogP contribution in [0.3, 0.4) is 0 Å². The Hall–Kier alpha value is -5.89. The molecule has 0 spiro atoms. The number of aromatic nitrogens is 2. The van der Waals surface area contributed by atoms with Gasteiger partial charge in [-0.2, -0.15) is 13.2 Å². The van der Waals surface area contributed by atoms with Gasteiger partial charge in [-0.05, 0) is 78.9 Å². The maximum absolute atomic E-state index is 15.7. The summed E-state index contributed by atoms with van der Waals surface area (Å²) in [6.07, 6.45) is -4.73. The predicted molar refractivity (Wildman–Crippen MR) is 185 cm³/mol. The van der Waals surface area contributed by atoms with Gasteiger partial charge in [0.05, 0.1) is 31.6 Å². The molecule has 0 saturated carbocycles. The number of methoxy groups -OCH3 is 2. The molecule has 0 radical (unpaired) electrons. The Morgan fingerprint density at radius 3 is 1.96 bits per heavy atom. The van der Waals surface area contributed by atoms with Gasteiger partial charge in [0, 0.05) is 23.7 Å². The Kier molecular flexibility index (Phi) is 9.70. The zero-order valence-electron chi connectivity index (χ0n) is 28.3. The summed E-state index contributed by atoms with van der Waals surface area (Å²) in [5.74, 6) is 6.23. The molecule has 5 aromatic rings. The molecule has 0 amide bonds. The Morgan fingerprint density at radius 2 is 1.41 bits per heavy atom. The summed E-state index contributed by atoms with van der Waals surface area (Å²) in [4.78, 5) is 13.1. The van der Waals surface area contributed by atoms with Crippen LogP contribution in [0, 0.1) is 24.6 Å². The number of halogens is 4. The highest BCUT2D eigenvalue weighted by Gasteiger charge is 2.51. The molecule has 0 bridgehead atoms. The summed E-state index contributed by atoms with van der Waals surface area (Å²) >= 11 is 0. The smallest absolute Gasteiger partial charge is 0.425 e. The Balaban J connectivity index is 1.53. The molecule has 0 aliphatic carbocycles. The quantitative estimate of drug-likeness (QED) is 0.106. The van der Waals surface area contributed by atoms with Gasteiger partial charge in [0.2, 0.25) is 0 Å². The molecule has 2 atom stereocenters. The van der Waals surface area contributed by atoms with E-state index in [0.717, 1.165) is 0 Å². The molecule has 7 nitrogen and oxygen atoms in total. The monoisotopic (exact) mass is 694 g/mol. The van der Waals surface area contributed by atoms with E-state index in [1.54, 1.807) is 51.6 Å². The Labute approximate surface area is 293 Å². The summed E-state index contributed by atoms with van der Waals surface area (Å²) in [5.41, 5.74) is 0.278. The number of nitrogens with zero attached hydrogens (tertiary/aromatic N) is 3. The predicted octanol–water partition coefficient (Wildman–Crippen LogP) is 7.85. The summed E-state index contributed by atoms with van der Waals surface area (Å²) in [6, 6.07) is 27.1. The van der Waals surface area contributed by atoms with E-state index >= 15 is 4.39 Å². The molecule has 2 heterocycles. The highest BCUT2D eigenvalue weighted by molar-refractivity contribution is 5.79. The van der Waals surface area contributed by atoms with Crippen LogP contribution in [0.1, 0.15) is 52.5 Å². The van der Waals surface area contributed by atoms with Gasteiger partial charge in [0.25, 0.3) is 6.02 Å². The standard InChI is InChI=1S/C40H34F4N4O3/c1-26-24-46-31(25-45-26)16-10-27-11-21-35(41)34(22-27)38(2)23-36(40(42,43)44)51-37(47-38)48-39(28-8-6-5-7-9-28,29-12-17-32(49-3)18-13-29)30-14-19-33(50-4)20-15-30/h5-9,11-15,17-22,24-25,36H,23H2,1-4H3,(H,47,48)/t36-,38-/m0/s1. The van der Waals surface area contributed by atoms with E-state index < -0.39 is 41.6 Å². The summed E-state index contributed by atoms with van der Waals surface area (Å²) in [5, 5.41) is 3.29. The third kappa shape index (κ3) is 7.36. The number of rotatable bonds is 7. The fourth-order valence-electron chi connectivity index (χ4n) is 6.10. The average molecular weight is 695 g/mol. The average Bonchev–Trinajstić information content (AvgIpc) is 3.14. The zero-order valence-corrected chi connectivity index (χ0v) is 28.3. The SMILES string of the molecule is COc1ccc(C(NC2=N[C@](C)(c3cc(C#Cc4cnc(C)cn4)ccc3F)C[C@@H](C(F)(F)F)O2)(c2ccccc2)c2ccc(OC)cc2)cc1. The largest absolute Gasteiger partial charge is 0.497 e. The van der Waals surface area contributed by atoms with Gasteiger partial charge in [0.15, 0.2) is 6.10 Å². The maximum atomic E-state index is 15.7. The van der Waals surface area contributed by atoms with Gasteiger partial charge >= 0.3 is 6.18 Å². The van der Waals surface area contributed by atoms with Crippen molar-refractivity contribution in [1.29, 1.82) is 0 Å². The van der Waals surface area contributed by atoms with Crippen molar-refractivity contribution in [3.8, 4) is 23.3 Å². The first-order valence-corrected chi connectivity index (χ1v) is 16.0. The van der Waals surface area contributed by atoms with Crippen molar-refractivity contribution < 1.29 is 31.8 Å². The minimum atomic E-state index is -4.81. The third-order valence-corrected chi connectivity index (χ3v) is 8.76. The van der Waals surface area contributed by atoms with Crippen molar-refractivity contribution in [3.05, 3.63) is 154 Å². The molecular formula is C40H34F4N4O3. The molecular weight excluding hydrogens is 660 g/mol. The fraction of sp³-hybridized carbons (Fsp3) is 0.225. The molecule has 51 heavy (non-hydrogen) atoms. The summed E-state index contributed by atoms with van der Waals surface area (Å²) in [7, 11) is 3.08. The zero-order chi connectivity index (χ0) is 36.2. The van der Waals surface area contributed by atoms with E-state index in [1.165, 1.54) is 31.3 Å². The molecule has 1 aliphatic rings. The Bertz CT molecular complexity index is 2030. The molecule has 0 fully saturated rings. The van der Waals surface area contributed by atoms with Crippen molar-refractivity contribution in [1.82, 2.24) is 15.3 Å². The summed E-state index contributed by atoms with van der Waals surface area (Å²) < 4.78 is 76.3. The normalized spacial score (nSPS) is 17.3. The molecule has 1 aliphatic heterocycles. The lowest BCUT2D eigenvalue weighted by atomic mass is 9.77. The number of aliphatic imine (C=N–C) groups is 1. The lowest BCUT2D eigenvalue weighted by Gasteiger charge is -2.42. The topological polar surface area (TPSA) is 77.9 Å². The highest BCUT2D eigenvalue weighted by atomic mass is 19.4. The number of ether oxygens (including phenoxy) is 3. The molecule has 11 heteroatoms. The first-order chi connectivity index (χ1) is 24.4. The Morgan fingerprint density at radius 1 is 0.804 bits per heavy atom. The van der Waals surface area contributed by atoms with Crippen molar-refractivity contribution in [2.75, 3.05) is 14.2 Å². The van der Waals surface area contributed by atoms with Crippen LogP contribution >= 0.6 is 0 Å². The van der Waals surface area contributed by atoms with E-state index in [-0.39, 0.29) is 5.56 Å². The molecule has 1 aromatic heterocycles. The van der Waals surface area contributed by atoms with Crippen LogP contribution in [0.25, 0.3) is 0 Å². The van der Waals surface area contributed by atoms with Crippen LogP contribution < -0.4 is 14.8 Å². The van der Waals surface area contributed by atoms with Crippen molar-refractivity contribution in [3.63, 3.8) is 0 Å². The molecule has 6 rings (SSSR count). The number of hydrogen-bond acceptors (Lipinski definition) is 7. The molecule has 4 aromatic carbocycles. The number of benzene rings is 4. The van der Waals surface area contributed by atoms with Crippen LogP contribution in [0.2, 0.25) is 0 Å². The van der Waals surface area contributed by atoms with Crippen LogP contribution in [0.4, 0.5) is 17.6 Å². The van der Waals surface area contributed by atoms with Crippen LogP contribution in [-0.4, -0.2) is 42.5 Å². The van der Waals surface area contributed by atoms with Gasteiger partial charge < -0.3 is 19.5 Å². The molecule has 0 saturated heterocycles. The molecule has 260 valence electrons. The minimum absolute atomic E-state index is 0.0691. The number of alkyl halides is 3.